The molecule has 0 radical (unpaired) electrons. The summed E-state index contributed by atoms with van der Waals surface area (Å²) in [5.74, 6) is 0.0285. The highest BCUT2D eigenvalue weighted by Crippen LogP contribution is 2.32. The Kier molecular flexibility index (Phi) is 4.04. The fraction of sp³-hybridized carbons (Fsp3) is 0.800. The van der Waals surface area contributed by atoms with Crippen LogP contribution in [0, 0.1) is 5.41 Å². The minimum absolute atomic E-state index is 0.0285. The molecule has 2 N–H and O–H groups in total. The molecule has 1 aliphatic heterocycles. The van der Waals surface area contributed by atoms with E-state index in [1.807, 2.05) is 6.92 Å². The molecule has 0 unspecified atom stereocenters. The van der Waals surface area contributed by atoms with Crippen molar-refractivity contribution in [3.05, 3.63) is 0 Å². The van der Waals surface area contributed by atoms with Gasteiger partial charge in [-0.25, -0.2) is 0 Å². The number of rotatable bonds is 3. The molecule has 0 saturated carbocycles. The van der Waals surface area contributed by atoms with E-state index in [4.69, 9.17) is 22.7 Å². The highest BCUT2D eigenvalue weighted by Gasteiger charge is 2.44. The van der Waals surface area contributed by atoms with Crippen LogP contribution < -0.4 is 5.73 Å². The molecule has 1 rings (SSSR count). The molecule has 0 aromatic heterocycles. The zero-order valence-corrected chi connectivity index (χ0v) is 10.1. The number of nitrogens with two attached hydrogens (primary N) is 1. The molecule has 1 fully saturated rings. The molecule has 1 heterocycles. The van der Waals surface area contributed by atoms with Gasteiger partial charge in [0.25, 0.3) is 0 Å². The van der Waals surface area contributed by atoms with Gasteiger partial charge in [0.1, 0.15) is 5.41 Å². The zero-order valence-electron chi connectivity index (χ0n) is 9.28. The molecular formula is C10H18N2O2S. The lowest BCUT2D eigenvalue weighted by molar-refractivity contribution is -0.140. The number of hydrogen-bond acceptors (Lipinski definition) is 3. The molecule has 1 aliphatic rings. The predicted octanol–water partition coefficient (Wildman–Crippen LogP) is 0.548. The maximum absolute atomic E-state index is 12.2. The van der Waals surface area contributed by atoms with E-state index in [9.17, 15) is 4.79 Å². The molecule has 0 aromatic carbocycles. The van der Waals surface area contributed by atoms with Gasteiger partial charge in [-0.2, -0.15) is 0 Å². The minimum atomic E-state index is -0.668. The first-order chi connectivity index (χ1) is 7.04. The first-order valence-electron chi connectivity index (χ1n) is 5.18. The Balaban J connectivity index is 2.90. The lowest BCUT2D eigenvalue weighted by Gasteiger charge is -2.37. The average Bonchev–Trinajstić information content (AvgIpc) is 2.27. The summed E-state index contributed by atoms with van der Waals surface area (Å²) < 4.78 is 5.25. The Morgan fingerprint density at radius 3 is 2.47 bits per heavy atom. The van der Waals surface area contributed by atoms with Crippen molar-refractivity contribution in [2.75, 3.05) is 26.8 Å². The van der Waals surface area contributed by atoms with Gasteiger partial charge in [0.15, 0.2) is 0 Å². The zero-order chi connectivity index (χ0) is 11.5. The van der Waals surface area contributed by atoms with E-state index in [0.717, 1.165) is 0 Å². The summed E-state index contributed by atoms with van der Waals surface area (Å²) in [4.78, 5) is 14.2. The van der Waals surface area contributed by atoms with E-state index in [0.29, 0.717) is 37.6 Å². The number of nitrogens with zero attached hydrogens (tertiary/aromatic N) is 1. The summed E-state index contributed by atoms with van der Waals surface area (Å²) in [6.07, 6.45) is 1.21. The number of amides is 1. The molecule has 1 saturated heterocycles. The van der Waals surface area contributed by atoms with Gasteiger partial charge in [0.05, 0.1) is 4.99 Å². The van der Waals surface area contributed by atoms with Crippen LogP contribution in [0.3, 0.4) is 0 Å². The van der Waals surface area contributed by atoms with Gasteiger partial charge in [-0.05, 0) is 19.8 Å². The van der Waals surface area contributed by atoms with Crippen LogP contribution in [-0.4, -0.2) is 42.6 Å². The summed E-state index contributed by atoms with van der Waals surface area (Å²) in [7, 11) is 1.78. The quantitative estimate of drug-likeness (QED) is 0.719. The summed E-state index contributed by atoms with van der Waals surface area (Å²) in [6, 6.07) is 0. The van der Waals surface area contributed by atoms with Crippen LogP contribution in [0.4, 0.5) is 0 Å². The minimum Gasteiger partial charge on any atom is -0.392 e. The van der Waals surface area contributed by atoms with Gasteiger partial charge in [-0.15, -0.1) is 0 Å². The first-order valence-corrected chi connectivity index (χ1v) is 5.58. The lowest BCUT2D eigenvalue weighted by Crippen LogP contribution is -2.52. The van der Waals surface area contributed by atoms with E-state index in [-0.39, 0.29) is 5.91 Å². The van der Waals surface area contributed by atoms with Crippen molar-refractivity contribution in [2.24, 2.45) is 11.1 Å². The fourth-order valence-electron chi connectivity index (χ4n) is 1.79. The fourth-order valence-corrected chi connectivity index (χ4v) is 2.09. The van der Waals surface area contributed by atoms with Crippen LogP contribution >= 0.6 is 12.2 Å². The summed E-state index contributed by atoms with van der Waals surface area (Å²) in [5.41, 5.74) is 5.06. The Morgan fingerprint density at radius 1 is 1.53 bits per heavy atom. The van der Waals surface area contributed by atoms with Crippen molar-refractivity contribution in [1.82, 2.24) is 4.90 Å². The smallest absolute Gasteiger partial charge is 0.235 e. The third-order valence-corrected chi connectivity index (χ3v) is 3.44. The molecule has 0 aromatic rings. The topological polar surface area (TPSA) is 55.6 Å². The monoisotopic (exact) mass is 230 g/mol. The van der Waals surface area contributed by atoms with Gasteiger partial charge in [0.2, 0.25) is 5.91 Å². The van der Waals surface area contributed by atoms with E-state index < -0.39 is 5.41 Å². The third kappa shape index (κ3) is 2.29. The molecule has 0 bridgehead atoms. The maximum Gasteiger partial charge on any atom is 0.235 e. The lowest BCUT2D eigenvalue weighted by atomic mass is 9.78. The number of hydrogen-bond donors (Lipinski definition) is 1. The van der Waals surface area contributed by atoms with Crippen LogP contribution in [0.25, 0.3) is 0 Å². The molecule has 4 nitrogen and oxygen atoms in total. The molecule has 0 spiro atoms. The molecule has 15 heavy (non-hydrogen) atoms. The second-order valence-electron chi connectivity index (χ2n) is 3.88. The van der Waals surface area contributed by atoms with E-state index in [2.05, 4.69) is 0 Å². The van der Waals surface area contributed by atoms with Crippen molar-refractivity contribution >= 4 is 23.1 Å². The second-order valence-corrected chi connectivity index (χ2v) is 4.32. The number of ether oxygens (including phenoxy) is 1. The highest BCUT2D eigenvalue weighted by molar-refractivity contribution is 7.80. The van der Waals surface area contributed by atoms with Crippen molar-refractivity contribution in [2.45, 2.75) is 19.8 Å². The average molecular weight is 230 g/mol. The molecule has 86 valence electrons. The number of carbonyl (C=O) groups is 1. The van der Waals surface area contributed by atoms with Crippen LogP contribution in [0.1, 0.15) is 19.8 Å². The van der Waals surface area contributed by atoms with E-state index in [1.54, 1.807) is 11.9 Å². The van der Waals surface area contributed by atoms with Gasteiger partial charge in [-0.1, -0.05) is 12.2 Å². The number of carbonyl (C=O) groups excluding carboxylic acids is 1. The highest BCUT2D eigenvalue weighted by atomic mass is 32.1. The Bertz CT molecular complexity index is 262. The Morgan fingerprint density at radius 2 is 2.07 bits per heavy atom. The normalized spacial score (nSPS) is 19.6. The van der Waals surface area contributed by atoms with Gasteiger partial charge in [-0.3, -0.25) is 4.79 Å². The molecule has 0 aliphatic carbocycles. The molecule has 1 amide bonds. The van der Waals surface area contributed by atoms with Gasteiger partial charge >= 0.3 is 0 Å². The summed E-state index contributed by atoms with van der Waals surface area (Å²) >= 11 is 5.05. The van der Waals surface area contributed by atoms with Crippen molar-refractivity contribution in [3.8, 4) is 0 Å². The van der Waals surface area contributed by atoms with Gasteiger partial charge < -0.3 is 15.4 Å². The maximum atomic E-state index is 12.2. The Labute approximate surface area is 95.8 Å². The molecule has 0 atom stereocenters. The molecular weight excluding hydrogens is 212 g/mol. The van der Waals surface area contributed by atoms with Gasteiger partial charge in [0, 0.05) is 26.8 Å². The van der Waals surface area contributed by atoms with Crippen LogP contribution in [0.5, 0.6) is 0 Å². The van der Waals surface area contributed by atoms with E-state index in [1.165, 1.54) is 0 Å². The van der Waals surface area contributed by atoms with E-state index >= 15 is 0 Å². The Hall–Kier alpha value is -0.680. The summed E-state index contributed by atoms with van der Waals surface area (Å²) in [6.45, 7) is 3.72. The second kappa shape index (κ2) is 4.90. The standard InChI is InChI=1S/C10H18N2O2S/c1-3-12(2)9(13)10(8(11)15)4-6-14-7-5-10/h3-7H2,1-2H3,(H2,11,15). The molecule has 5 heteroatoms. The van der Waals surface area contributed by atoms with Crippen LogP contribution in [0.15, 0.2) is 0 Å². The predicted molar refractivity (Wildman–Crippen MR) is 62.6 cm³/mol. The van der Waals surface area contributed by atoms with Crippen molar-refractivity contribution in [1.29, 1.82) is 0 Å². The van der Waals surface area contributed by atoms with Crippen LogP contribution in [-0.2, 0) is 9.53 Å². The largest absolute Gasteiger partial charge is 0.392 e. The van der Waals surface area contributed by atoms with Crippen LogP contribution in [0.2, 0.25) is 0 Å². The first kappa shape index (κ1) is 12.4. The third-order valence-electron chi connectivity index (χ3n) is 3.05. The van der Waals surface area contributed by atoms with Crippen molar-refractivity contribution < 1.29 is 9.53 Å². The van der Waals surface area contributed by atoms with Crippen molar-refractivity contribution in [3.63, 3.8) is 0 Å². The SMILES string of the molecule is CCN(C)C(=O)C1(C(N)=S)CCOCC1. The summed E-state index contributed by atoms with van der Waals surface area (Å²) in [5, 5.41) is 0. The number of thiocarbonyl (C=S) groups is 1.